The fraction of sp³-hybridized carbons (Fsp3) is 0.0909. The summed E-state index contributed by atoms with van der Waals surface area (Å²) in [5.41, 5.74) is 2.06. The molecule has 162 valence electrons. The van der Waals surface area contributed by atoms with Gasteiger partial charge in [-0.05, 0) is 55.0 Å². The Balaban J connectivity index is 1.71. The number of alkyl halides is 3. The van der Waals surface area contributed by atoms with Gasteiger partial charge in [0.2, 0.25) is 11.8 Å². The van der Waals surface area contributed by atoms with E-state index >= 15 is 0 Å². The van der Waals surface area contributed by atoms with Gasteiger partial charge in [0, 0.05) is 11.8 Å². The fourth-order valence-electron chi connectivity index (χ4n) is 2.96. The summed E-state index contributed by atoms with van der Waals surface area (Å²) in [6, 6.07) is 17.3. The Kier molecular flexibility index (Phi) is 5.59. The van der Waals surface area contributed by atoms with Gasteiger partial charge < -0.3 is 4.74 Å². The van der Waals surface area contributed by atoms with Crippen LogP contribution in [0.2, 0.25) is 0 Å². The molecule has 0 aliphatic carbocycles. The number of hydrogen-bond donors (Lipinski definition) is 1. The zero-order valence-electron chi connectivity index (χ0n) is 16.7. The second-order valence-corrected chi connectivity index (χ2v) is 6.70. The van der Waals surface area contributed by atoms with Gasteiger partial charge in [0.1, 0.15) is 11.4 Å². The van der Waals surface area contributed by atoms with E-state index in [2.05, 4.69) is 25.1 Å². The number of nitrogens with one attached hydrogen (secondary N) is 1. The first-order chi connectivity index (χ1) is 15.3. The highest BCUT2D eigenvalue weighted by Gasteiger charge is 2.31. The number of aryl methyl sites for hydroxylation is 1. The second kappa shape index (κ2) is 8.50. The standard InChI is InChI=1S/C22H16F3N5O2/c1-14-6-2-3-7-17(14)20(31)28-21-27-19(18-8-4-5-13-26-18)29-30(21)15-9-11-16(12-10-15)32-22(23,24)25/h2-13H,1H3,(H,27,28,29,31). The van der Waals surface area contributed by atoms with Gasteiger partial charge in [-0.3, -0.25) is 15.1 Å². The maximum Gasteiger partial charge on any atom is 0.573 e. The molecule has 4 aromatic rings. The molecule has 0 saturated carbocycles. The number of hydrogen-bond acceptors (Lipinski definition) is 5. The number of ether oxygens (including phenoxy) is 1. The molecule has 2 heterocycles. The van der Waals surface area contributed by atoms with E-state index < -0.39 is 12.3 Å². The molecule has 0 bridgehead atoms. The number of carbonyl (C=O) groups is 1. The third-order valence-electron chi connectivity index (χ3n) is 4.43. The van der Waals surface area contributed by atoms with E-state index in [-0.39, 0.29) is 17.5 Å². The van der Waals surface area contributed by atoms with Crippen LogP contribution in [0, 0.1) is 6.92 Å². The van der Waals surface area contributed by atoms with Gasteiger partial charge in [0.25, 0.3) is 5.91 Å². The number of halogens is 3. The summed E-state index contributed by atoms with van der Waals surface area (Å²) in [7, 11) is 0. The number of pyridine rings is 1. The summed E-state index contributed by atoms with van der Waals surface area (Å²) in [6.07, 6.45) is -3.22. The molecule has 0 radical (unpaired) electrons. The van der Waals surface area contributed by atoms with Gasteiger partial charge in [0.15, 0.2) is 0 Å². The summed E-state index contributed by atoms with van der Waals surface area (Å²) in [5, 5.41) is 7.11. The maximum atomic E-state index is 12.8. The molecule has 2 aromatic heterocycles. The third-order valence-corrected chi connectivity index (χ3v) is 4.43. The summed E-state index contributed by atoms with van der Waals surface area (Å²) in [4.78, 5) is 21.4. The quantitative estimate of drug-likeness (QED) is 0.484. The van der Waals surface area contributed by atoms with Gasteiger partial charge in [0.05, 0.1) is 5.69 Å². The minimum Gasteiger partial charge on any atom is -0.406 e. The minimum atomic E-state index is -4.80. The zero-order chi connectivity index (χ0) is 22.7. The van der Waals surface area contributed by atoms with Crippen LogP contribution in [0.4, 0.5) is 19.1 Å². The summed E-state index contributed by atoms with van der Waals surface area (Å²) < 4.78 is 42.6. The molecule has 32 heavy (non-hydrogen) atoms. The van der Waals surface area contributed by atoms with E-state index in [4.69, 9.17) is 0 Å². The highest BCUT2D eigenvalue weighted by atomic mass is 19.4. The first kappa shape index (κ1) is 21.0. The minimum absolute atomic E-state index is 0.0865. The average molecular weight is 439 g/mol. The van der Waals surface area contributed by atoms with Crippen LogP contribution < -0.4 is 10.1 Å². The molecule has 1 N–H and O–H groups in total. The predicted molar refractivity (Wildman–Crippen MR) is 110 cm³/mol. The molecular weight excluding hydrogens is 423 g/mol. The highest BCUT2D eigenvalue weighted by molar-refractivity contribution is 6.04. The number of anilines is 1. The number of amides is 1. The van der Waals surface area contributed by atoms with Crippen molar-refractivity contribution in [3.8, 4) is 23.0 Å². The molecule has 0 aliphatic heterocycles. The molecule has 0 unspecified atom stereocenters. The van der Waals surface area contributed by atoms with E-state index in [1.54, 1.807) is 49.5 Å². The van der Waals surface area contributed by atoms with Crippen molar-refractivity contribution in [2.45, 2.75) is 13.3 Å². The lowest BCUT2D eigenvalue weighted by atomic mass is 10.1. The van der Waals surface area contributed by atoms with Crippen molar-refractivity contribution >= 4 is 11.9 Å². The lowest BCUT2D eigenvalue weighted by Gasteiger charge is -2.11. The van der Waals surface area contributed by atoms with Crippen molar-refractivity contribution in [1.29, 1.82) is 0 Å². The Hall–Kier alpha value is -4.21. The Morgan fingerprint density at radius 3 is 2.38 bits per heavy atom. The topological polar surface area (TPSA) is 81.9 Å². The van der Waals surface area contributed by atoms with Crippen LogP contribution in [0.25, 0.3) is 17.2 Å². The third kappa shape index (κ3) is 4.75. The van der Waals surface area contributed by atoms with E-state index in [1.165, 1.54) is 16.8 Å². The van der Waals surface area contributed by atoms with Crippen LogP contribution in [0.15, 0.2) is 72.9 Å². The number of carbonyl (C=O) groups excluding carboxylic acids is 1. The van der Waals surface area contributed by atoms with Crippen LogP contribution in [0.5, 0.6) is 5.75 Å². The second-order valence-electron chi connectivity index (χ2n) is 6.70. The fourth-order valence-corrected chi connectivity index (χ4v) is 2.96. The van der Waals surface area contributed by atoms with Gasteiger partial charge in [-0.1, -0.05) is 24.3 Å². The Labute approximate surface area is 180 Å². The van der Waals surface area contributed by atoms with Crippen LogP contribution >= 0.6 is 0 Å². The Morgan fingerprint density at radius 1 is 1.00 bits per heavy atom. The maximum absolute atomic E-state index is 12.8. The average Bonchev–Trinajstić information content (AvgIpc) is 3.18. The molecule has 2 aromatic carbocycles. The Morgan fingerprint density at radius 2 is 1.72 bits per heavy atom. The molecule has 0 aliphatic rings. The summed E-state index contributed by atoms with van der Waals surface area (Å²) >= 11 is 0. The predicted octanol–water partition coefficient (Wildman–Crippen LogP) is 4.79. The van der Waals surface area contributed by atoms with Gasteiger partial charge in [-0.15, -0.1) is 18.3 Å². The summed E-state index contributed by atoms with van der Waals surface area (Å²) in [6.45, 7) is 1.80. The number of benzene rings is 2. The van der Waals surface area contributed by atoms with Crippen LogP contribution in [-0.2, 0) is 0 Å². The first-order valence-corrected chi connectivity index (χ1v) is 9.42. The van der Waals surface area contributed by atoms with Gasteiger partial charge >= 0.3 is 6.36 Å². The Bertz CT molecular complexity index is 1240. The number of rotatable bonds is 5. The van der Waals surface area contributed by atoms with Crippen molar-refractivity contribution in [2.24, 2.45) is 0 Å². The van der Waals surface area contributed by atoms with E-state index in [0.29, 0.717) is 16.9 Å². The zero-order valence-corrected chi connectivity index (χ0v) is 16.7. The van der Waals surface area contributed by atoms with E-state index in [0.717, 1.165) is 17.7 Å². The smallest absolute Gasteiger partial charge is 0.406 e. The van der Waals surface area contributed by atoms with Crippen LogP contribution in [0.1, 0.15) is 15.9 Å². The van der Waals surface area contributed by atoms with Crippen LogP contribution in [-0.4, -0.2) is 32.0 Å². The molecular formula is C22H16F3N5O2. The molecule has 0 spiro atoms. The molecule has 0 atom stereocenters. The van der Waals surface area contributed by atoms with E-state index in [1.807, 2.05) is 6.07 Å². The SMILES string of the molecule is Cc1ccccc1C(=O)Nc1nc(-c2ccccn2)nn1-c1ccc(OC(F)(F)F)cc1. The largest absolute Gasteiger partial charge is 0.573 e. The highest BCUT2D eigenvalue weighted by Crippen LogP contribution is 2.26. The first-order valence-electron chi connectivity index (χ1n) is 9.42. The van der Waals surface area contributed by atoms with Crippen LogP contribution in [0.3, 0.4) is 0 Å². The number of nitrogens with zero attached hydrogens (tertiary/aromatic N) is 4. The van der Waals surface area contributed by atoms with Crippen molar-refractivity contribution in [3.05, 3.63) is 84.1 Å². The van der Waals surface area contributed by atoms with Gasteiger partial charge in [-0.25, -0.2) is 0 Å². The molecule has 10 heteroatoms. The molecule has 1 amide bonds. The molecule has 0 fully saturated rings. The number of aromatic nitrogens is 4. The van der Waals surface area contributed by atoms with Crippen molar-refractivity contribution < 1.29 is 22.7 Å². The van der Waals surface area contributed by atoms with Crippen molar-refractivity contribution in [1.82, 2.24) is 19.7 Å². The van der Waals surface area contributed by atoms with Gasteiger partial charge in [-0.2, -0.15) is 9.67 Å². The lowest BCUT2D eigenvalue weighted by molar-refractivity contribution is -0.274. The normalized spacial score (nSPS) is 11.2. The monoisotopic (exact) mass is 439 g/mol. The lowest BCUT2D eigenvalue weighted by Crippen LogP contribution is -2.17. The van der Waals surface area contributed by atoms with Crippen molar-refractivity contribution in [2.75, 3.05) is 5.32 Å². The molecule has 4 rings (SSSR count). The van der Waals surface area contributed by atoms with E-state index in [9.17, 15) is 18.0 Å². The molecule has 7 nitrogen and oxygen atoms in total. The molecule has 0 saturated heterocycles. The summed E-state index contributed by atoms with van der Waals surface area (Å²) in [5.74, 6) is -0.456. The van der Waals surface area contributed by atoms with Crippen molar-refractivity contribution in [3.63, 3.8) is 0 Å².